The Morgan fingerprint density at radius 1 is 0.974 bits per heavy atom. The standard InChI is InChI=1S/C31H33NO6S/c1-36-27-14-13-22-17-25-24-18-28(37-2)26(33)19-31(24,29(22)30(27)38-20-21-9-5-3-6-10-21)15-16-32(25)39(34,35)23-11-7-4-8-12-23/h3-14,24-25,28H,15-20H2,1-2H3/t24-,25+,28?,31-/m0/s1. The monoisotopic (exact) mass is 547 g/mol. The maximum Gasteiger partial charge on any atom is 0.243 e. The molecular formula is C31H33NO6S. The summed E-state index contributed by atoms with van der Waals surface area (Å²) in [6, 6.07) is 22.2. The number of fused-ring (bicyclic) bond motifs is 1. The molecule has 0 N–H and O–H groups in total. The van der Waals surface area contributed by atoms with Crippen LogP contribution in [0.2, 0.25) is 0 Å². The largest absolute Gasteiger partial charge is 0.493 e. The first-order valence-electron chi connectivity index (χ1n) is 13.4. The molecule has 39 heavy (non-hydrogen) atoms. The molecule has 1 unspecified atom stereocenters. The van der Waals surface area contributed by atoms with Gasteiger partial charge in [0, 0.05) is 37.1 Å². The molecule has 3 aromatic rings. The van der Waals surface area contributed by atoms with Crippen LogP contribution in [0.15, 0.2) is 77.7 Å². The van der Waals surface area contributed by atoms with Gasteiger partial charge in [0.15, 0.2) is 17.3 Å². The molecule has 2 bridgehead atoms. The molecule has 6 rings (SSSR count). The predicted molar refractivity (Wildman–Crippen MR) is 146 cm³/mol. The second kappa shape index (κ2) is 10.1. The lowest BCUT2D eigenvalue weighted by molar-refractivity contribution is -0.140. The van der Waals surface area contributed by atoms with Gasteiger partial charge in [-0.15, -0.1) is 0 Å². The van der Waals surface area contributed by atoms with Crippen molar-refractivity contribution >= 4 is 15.8 Å². The first-order valence-corrected chi connectivity index (χ1v) is 14.8. The lowest BCUT2D eigenvalue weighted by Crippen LogP contribution is -2.64. The van der Waals surface area contributed by atoms with Crippen LogP contribution >= 0.6 is 0 Å². The van der Waals surface area contributed by atoms with Crippen LogP contribution in [0.4, 0.5) is 0 Å². The summed E-state index contributed by atoms with van der Waals surface area (Å²) in [6.45, 7) is 0.694. The lowest BCUT2D eigenvalue weighted by Gasteiger charge is -2.58. The molecule has 8 heteroatoms. The number of benzene rings is 3. The van der Waals surface area contributed by atoms with Gasteiger partial charge in [0.2, 0.25) is 10.0 Å². The molecule has 0 aromatic heterocycles. The SMILES string of the molecule is COc1ccc2c(c1OCc1ccccc1)[C@]13CCN(S(=O)(=O)c4ccccc4)[C@H](C2)[C@@H]1CC(OC)C(=O)C3. The fourth-order valence-corrected chi connectivity index (χ4v) is 8.78. The summed E-state index contributed by atoms with van der Waals surface area (Å²) < 4.78 is 47.4. The van der Waals surface area contributed by atoms with Gasteiger partial charge in [0.25, 0.3) is 0 Å². The summed E-state index contributed by atoms with van der Waals surface area (Å²) in [7, 11) is -0.541. The van der Waals surface area contributed by atoms with Crippen LogP contribution in [-0.2, 0) is 38.0 Å². The average molecular weight is 548 g/mol. The van der Waals surface area contributed by atoms with Crippen LogP contribution in [0, 0.1) is 5.92 Å². The second-order valence-corrected chi connectivity index (χ2v) is 12.6. The zero-order valence-corrected chi connectivity index (χ0v) is 23.0. The average Bonchev–Trinajstić information content (AvgIpc) is 2.96. The number of carbonyl (C=O) groups excluding carboxylic acids is 1. The number of nitrogens with zero attached hydrogens (tertiary/aromatic N) is 1. The summed E-state index contributed by atoms with van der Waals surface area (Å²) in [6.07, 6.45) is 1.25. The highest BCUT2D eigenvalue weighted by atomic mass is 32.2. The molecule has 0 amide bonds. The van der Waals surface area contributed by atoms with Crippen molar-refractivity contribution in [3.63, 3.8) is 0 Å². The van der Waals surface area contributed by atoms with Crippen molar-refractivity contribution < 1.29 is 27.4 Å². The Hall–Kier alpha value is -3.20. The third-order valence-electron chi connectivity index (χ3n) is 8.85. The van der Waals surface area contributed by atoms with Gasteiger partial charge in [-0.25, -0.2) is 8.42 Å². The number of ketones is 1. The molecule has 3 aliphatic rings. The maximum atomic E-state index is 13.9. The molecule has 2 fully saturated rings. The number of methoxy groups -OCH3 is 2. The Bertz CT molecular complexity index is 1480. The lowest BCUT2D eigenvalue weighted by atomic mass is 9.52. The molecule has 7 nitrogen and oxygen atoms in total. The quantitative estimate of drug-likeness (QED) is 0.433. The Kier molecular flexibility index (Phi) is 6.73. The number of hydrogen-bond acceptors (Lipinski definition) is 6. The van der Waals surface area contributed by atoms with Gasteiger partial charge < -0.3 is 14.2 Å². The van der Waals surface area contributed by atoms with Gasteiger partial charge in [-0.3, -0.25) is 4.79 Å². The molecule has 1 aliphatic heterocycles. The first kappa shape index (κ1) is 26.0. The Labute approximate surface area is 229 Å². The molecule has 1 saturated carbocycles. The third kappa shape index (κ3) is 4.26. The Balaban J connectivity index is 1.48. The van der Waals surface area contributed by atoms with Crippen molar-refractivity contribution in [2.45, 2.75) is 54.7 Å². The highest BCUT2D eigenvalue weighted by Gasteiger charge is 2.60. The minimum absolute atomic E-state index is 0.0524. The predicted octanol–water partition coefficient (Wildman–Crippen LogP) is 4.53. The zero-order chi connectivity index (χ0) is 27.2. The third-order valence-corrected chi connectivity index (χ3v) is 10.8. The van der Waals surface area contributed by atoms with E-state index < -0.39 is 21.5 Å². The topological polar surface area (TPSA) is 82.1 Å². The number of rotatable bonds is 7. The Morgan fingerprint density at radius 2 is 1.69 bits per heavy atom. The van der Waals surface area contributed by atoms with Crippen molar-refractivity contribution in [3.05, 3.63) is 89.5 Å². The van der Waals surface area contributed by atoms with Crippen LogP contribution in [0.25, 0.3) is 0 Å². The summed E-state index contributed by atoms with van der Waals surface area (Å²) in [5.41, 5.74) is 2.48. The molecule has 1 saturated heterocycles. The molecular weight excluding hydrogens is 514 g/mol. The van der Waals surface area contributed by atoms with Gasteiger partial charge in [-0.1, -0.05) is 54.6 Å². The smallest absolute Gasteiger partial charge is 0.243 e. The van der Waals surface area contributed by atoms with E-state index in [1.807, 2.05) is 48.5 Å². The molecule has 3 aromatic carbocycles. The van der Waals surface area contributed by atoms with Gasteiger partial charge in [0.05, 0.1) is 12.0 Å². The van der Waals surface area contributed by atoms with Crippen LogP contribution in [0.1, 0.15) is 36.0 Å². The number of Topliss-reactive ketones (excluding diaryl/α,β-unsaturated/α-hetero) is 1. The number of hydrogen-bond donors (Lipinski definition) is 0. The van der Waals surface area contributed by atoms with Crippen molar-refractivity contribution in [1.82, 2.24) is 4.31 Å². The second-order valence-electron chi connectivity index (χ2n) is 10.7. The van der Waals surface area contributed by atoms with E-state index in [9.17, 15) is 13.2 Å². The van der Waals surface area contributed by atoms with Gasteiger partial charge in [-0.2, -0.15) is 4.31 Å². The van der Waals surface area contributed by atoms with Crippen LogP contribution < -0.4 is 9.47 Å². The fourth-order valence-electron chi connectivity index (χ4n) is 7.10. The van der Waals surface area contributed by atoms with E-state index in [0.717, 1.165) is 16.7 Å². The fraction of sp³-hybridized carbons (Fsp3) is 0.387. The van der Waals surface area contributed by atoms with Crippen LogP contribution in [0.5, 0.6) is 11.5 Å². The first-order chi connectivity index (χ1) is 18.9. The Morgan fingerprint density at radius 3 is 2.38 bits per heavy atom. The molecule has 0 radical (unpaired) electrons. The normalized spacial score (nSPS) is 26.4. The van der Waals surface area contributed by atoms with Gasteiger partial charge in [-0.05, 0) is 54.5 Å². The summed E-state index contributed by atoms with van der Waals surface area (Å²) in [4.78, 5) is 13.7. The summed E-state index contributed by atoms with van der Waals surface area (Å²) in [5.74, 6) is 1.23. The maximum absolute atomic E-state index is 13.9. The van der Waals surface area contributed by atoms with Crippen molar-refractivity contribution in [1.29, 1.82) is 0 Å². The number of sulfonamides is 1. The van der Waals surface area contributed by atoms with E-state index in [-0.39, 0.29) is 24.2 Å². The minimum Gasteiger partial charge on any atom is -0.493 e. The minimum atomic E-state index is -3.72. The van der Waals surface area contributed by atoms with Gasteiger partial charge in [0.1, 0.15) is 12.7 Å². The van der Waals surface area contributed by atoms with Crippen molar-refractivity contribution in [2.75, 3.05) is 20.8 Å². The molecule has 2 aliphatic carbocycles. The van der Waals surface area contributed by atoms with E-state index in [1.54, 1.807) is 42.8 Å². The van der Waals surface area contributed by atoms with E-state index in [4.69, 9.17) is 14.2 Å². The number of carbonyl (C=O) groups is 1. The summed E-state index contributed by atoms with van der Waals surface area (Å²) in [5, 5.41) is 0. The molecule has 0 spiro atoms. The van der Waals surface area contributed by atoms with Crippen LogP contribution in [-0.4, -0.2) is 51.4 Å². The molecule has 204 valence electrons. The zero-order valence-electron chi connectivity index (χ0n) is 22.2. The number of ether oxygens (including phenoxy) is 3. The van der Waals surface area contributed by atoms with Crippen LogP contribution in [0.3, 0.4) is 0 Å². The van der Waals surface area contributed by atoms with E-state index in [0.29, 0.717) is 48.8 Å². The van der Waals surface area contributed by atoms with Gasteiger partial charge >= 0.3 is 0 Å². The van der Waals surface area contributed by atoms with E-state index >= 15 is 0 Å². The summed E-state index contributed by atoms with van der Waals surface area (Å²) >= 11 is 0. The molecule has 1 heterocycles. The van der Waals surface area contributed by atoms with Crippen molar-refractivity contribution in [2.24, 2.45) is 5.92 Å². The van der Waals surface area contributed by atoms with E-state index in [2.05, 4.69) is 0 Å². The highest BCUT2D eigenvalue weighted by molar-refractivity contribution is 7.89. The van der Waals surface area contributed by atoms with E-state index in [1.165, 1.54) is 0 Å². The van der Waals surface area contributed by atoms with Crippen molar-refractivity contribution in [3.8, 4) is 11.5 Å². The highest BCUT2D eigenvalue weighted by Crippen LogP contribution is 2.59. The number of piperidine rings is 1. The molecule has 4 atom stereocenters.